The molecule has 2 aliphatic heterocycles. The highest BCUT2D eigenvalue weighted by Gasteiger charge is 2.58. The molecule has 1 aromatic heterocycles. The van der Waals surface area contributed by atoms with Crippen LogP contribution < -0.4 is 10.1 Å². The summed E-state index contributed by atoms with van der Waals surface area (Å²) >= 11 is 0. The first-order chi connectivity index (χ1) is 13.1. The van der Waals surface area contributed by atoms with Gasteiger partial charge in [-0.3, -0.25) is 9.59 Å². The minimum absolute atomic E-state index is 0.00407. The largest absolute Gasteiger partial charge is 0.480 e. The molecule has 0 unspecified atom stereocenters. The van der Waals surface area contributed by atoms with E-state index in [0.29, 0.717) is 24.4 Å². The summed E-state index contributed by atoms with van der Waals surface area (Å²) in [7, 11) is 1.51. The van der Waals surface area contributed by atoms with E-state index in [-0.39, 0.29) is 17.9 Å². The highest BCUT2D eigenvalue weighted by molar-refractivity contribution is 6.08. The topological polar surface area (TPSA) is 71.5 Å². The van der Waals surface area contributed by atoms with Crippen molar-refractivity contribution in [2.45, 2.75) is 37.6 Å². The predicted octanol–water partition coefficient (Wildman–Crippen LogP) is 2.99. The zero-order valence-electron chi connectivity index (χ0n) is 15.6. The van der Waals surface area contributed by atoms with Gasteiger partial charge in [0, 0.05) is 18.4 Å². The average molecular weight is 365 g/mol. The van der Waals surface area contributed by atoms with Crippen LogP contribution in [0, 0.1) is 0 Å². The van der Waals surface area contributed by atoms with Gasteiger partial charge in [-0.2, -0.15) is 0 Å². The zero-order chi connectivity index (χ0) is 19.0. The SMILES string of the molecule is CCC[C@@H]1N(C(=O)c2cccnc2OC)CC[C@@]12C(=O)Nc1ccccc12. The van der Waals surface area contributed by atoms with Gasteiger partial charge in [0.2, 0.25) is 11.8 Å². The van der Waals surface area contributed by atoms with E-state index in [4.69, 9.17) is 4.74 Å². The Morgan fingerprint density at radius 2 is 2.15 bits per heavy atom. The molecule has 0 aliphatic carbocycles. The molecule has 3 heterocycles. The summed E-state index contributed by atoms with van der Waals surface area (Å²) in [5, 5.41) is 3.03. The number of hydrogen-bond acceptors (Lipinski definition) is 4. The van der Waals surface area contributed by atoms with Crippen LogP contribution >= 0.6 is 0 Å². The van der Waals surface area contributed by atoms with Gasteiger partial charge < -0.3 is 15.0 Å². The maximum absolute atomic E-state index is 13.3. The number of pyridine rings is 1. The number of methoxy groups -OCH3 is 1. The third-order valence-electron chi connectivity index (χ3n) is 5.77. The molecule has 1 N–H and O–H groups in total. The van der Waals surface area contributed by atoms with Crippen molar-refractivity contribution in [3.8, 4) is 5.88 Å². The van der Waals surface area contributed by atoms with E-state index < -0.39 is 5.41 Å². The lowest BCUT2D eigenvalue weighted by molar-refractivity contribution is -0.121. The van der Waals surface area contributed by atoms with E-state index in [9.17, 15) is 9.59 Å². The molecule has 27 heavy (non-hydrogen) atoms. The van der Waals surface area contributed by atoms with Crippen LogP contribution in [0.2, 0.25) is 0 Å². The van der Waals surface area contributed by atoms with Gasteiger partial charge in [-0.15, -0.1) is 0 Å². The van der Waals surface area contributed by atoms with Crippen molar-refractivity contribution < 1.29 is 14.3 Å². The Bertz CT molecular complexity index is 898. The van der Waals surface area contributed by atoms with Gasteiger partial charge in [-0.25, -0.2) is 4.98 Å². The maximum atomic E-state index is 13.3. The van der Waals surface area contributed by atoms with Gasteiger partial charge >= 0.3 is 0 Å². The van der Waals surface area contributed by atoms with E-state index in [1.165, 1.54) is 7.11 Å². The smallest absolute Gasteiger partial charge is 0.259 e. The van der Waals surface area contributed by atoms with E-state index >= 15 is 0 Å². The Morgan fingerprint density at radius 1 is 1.33 bits per heavy atom. The van der Waals surface area contributed by atoms with Crippen LogP contribution in [-0.2, 0) is 10.2 Å². The Balaban J connectivity index is 1.77. The van der Waals surface area contributed by atoms with Gasteiger partial charge in [0.15, 0.2) is 0 Å². The van der Waals surface area contributed by atoms with Gasteiger partial charge in [-0.1, -0.05) is 31.5 Å². The summed E-state index contributed by atoms with van der Waals surface area (Å²) in [5.74, 6) is 0.179. The number of likely N-dealkylation sites (tertiary alicyclic amines) is 1. The lowest BCUT2D eigenvalue weighted by Gasteiger charge is -2.34. The molecule has 1 aromatic carbocycles. The monoisotopic (exact) mass is 365 g/mol. The van der Waals surface area contributed by atoms with E-state index in [1.54, 1.807) is 18.3 Å². The number of aromatic nitrogens is 1. The number of nitrogens with zero attached hydrogens (tertiary/aromatic N) is 2. The van der Waals surface area contributed by atoms with Crippen LogP contribution in [0.15, 0.2) is 42.6 Å². The number of rotatable bonds is 4. The summed E-state index contributed by atoms with van der Waals surface area (Å²) in [4.78, 5) is 32.4. The highest BCUT2D eigenvalue weighted by atomic mass is 16.5. The molecule has 6 heteroatoms. The van der Waals surface area contributed by atoms with Crippen molar-refractivity contribution in [1.29, 1.82) is 0 Å². The molecule has 1 fully saturated rings. The number of carbonyl (C=O) groups excluding carboxylic acids is 2. The molecule has 2 aliphatic rings. The molecule has 1 saturated heterocycles. The van der Waals surface area contributed by atoms with Crippen LogP contribution in [0.1, 0.15) is 42.1 Å². The molecule has 0 bridgehead atoms. The second-order valence-electron chi connectivity index (χ2n) is 7.08. The van der Waals surface area contributed by atoms with E-state index in [0.717, 1.165) is 24.1 Å². The van der Waals surface area contributed by atoms with Crippen molar-refractivity contribution in [1.82, 2.24) is 9.88 Å². The van der Waals surface area contributed by atoms with Gasteiger partial charge in [-0.05, 0) is 36.6 Å². The molecule has 6 nitrogen and oxygen atoms in total. The molecule has 2 aromatic rings. The number of carbonyl (C=O) groups is 2. The van der Waals surface area contributed by atoms with Crippen LogP contribution in [0.25, 0.3) is 0 Å². The third-order valence-corrected chi connectivity index (χ3v) is 5.77. The van der Waals surface area contributed by atoms with Crippen LogP contribution in [0.3, 0.4) is 0 Å². The van der Waals surface area contributed by atoms with Crippen molar-refractivity contribution in [2.75, 3.05) is 19.0 Å². The van der Waals surface area contributed by atoms with E-state index in [1.807, 2.05) is 29.2 Å². The first-order valence-electron chi connectivity index (χ1n) is 9.34. The Kier molecular flexibility index (Phi) is 4.34. The minimum Gasteiger partial charge on any atom is -0.480 e. The number of fused-ring (bicyclic) bond motifs is 2. The minimum atomic E-state index is -0.683. The number of nitrogens with one attached hydrogen (secondary N) is 1. The molecule has 140 valence electrons. The molecule has 2 atom stereocenters. The lowest BCUT2D eigenvalue weighted by Crippen LogP contribution is -2.48. The predicted molar refractivity (Wildman–Crippen MR) is 102 cm³/mol. The fraction of sp³-hybridized carbons (Fsp3) is 0.381. The van der Waals surface area contributed by atoms with Crippen molar-refractivity contribution in [3.05, 3.63) is 53.7 Å². The summed E-state index contributed by atoms with van der Waals surface area (Å²) in [6, 6.07) is 11.1. The van der Waals surface area contributed by atoms with Crippen molar-refractivity contribution in [3.63, 3.8) is 0 Å². The second-order valence-corrected chi connectivity index (χ2v) is 7.08. The van der Waals surface area contributed by atoms with Gasteiger partial charge in [0.05, 0.1) is 18.6 Å². The van der Waals surface area contributed by atoms with Gasteiger partial charge in [0.1, 0.15) is 5.56 Å². The summed E-state index contributed by atoms with van der Waals surface area (Å²) < 4.78 is 5.28. The molecule has 2 amide bonds. The molecule has 1 spiro atoms. The van der Waals surface area contributed by atoms with Crippen molar-refractivity contribution >= 4 is 17.5 Å². The summed E-state index contributed by atoms with van der Waals surface area (Å²) in [6.07, 6.45) is 3.87. The number of anilines is 1. The maximum Gasteiger partial charge on any atom is 0.259 e. The molecular formula is C21H23N3O3. The Morgan fingerprint density at radius 3 is 2.93 bits per heavy atom. The second kappa shape index (κ2) is 6.68. The fourth-order valence-electron chi connectivity index (χ4n) is 4.59. The standard InChI is InChI=1S/C21H23N3O3/c1-3-7-17-21(15-9-4-5-10-16(15)23-20(21)26)11-13-24(17)19(25)14-8-6-12-22-18(14)27-2/h4-6,8-10,12,17H,3,7,11,13H2,1-2H3,(H,23,26)/t17-,21-/m0/s1. The number of ether oxygens (including phenoxy) is 1. The fourth-order valence-corrected chi connectivity index (χ4v) is 4.59. The average Bonchev–Trinajstić information content (AvgIpc) is 3.21. The molecular weight excluding hydrogens is 342 g/mol. The molecule has 0 radical (unpaired) electrons. The molecule has 0 saturated carbocycles. The lowest BCUT2D eigenvalue weighted by atomic mass is 9.73. The number of amides is 2. The summed E-state index contributed by atoms with van der Waals surface area (Å²) in [5.41, 5.74) is 1.61. The first kappa shape index (κ1) is 17.5. The highest BCUT2D eigenvalue weighted by Crippen LogP contribution is 2.49. The van der Waals surface area contributed by atoms with Crippen LogP contribution in [0.4, 0.5) is 5.69 Å². The summed E-state index contributed by atoms with van der Waals surface area (Å²) in [6.45, 7) is 2.61. The number of benzene rings is 1. The zero-order valence-corrected chi connectivity index (χ0v) is 15.6. The van der Waals surface area contributed by atoms with Gasteiger partial charge in [0.25, 0.3) is 5.91 Å². The Labute approximate surface area is 158 Å². The number of hydrogen-bond donors (Lipinski definition) is 1. The normalized spacial score (nSPS) is 23.4. The van der Waals surface area contributed by atoms with Crippen LogP contribution in [0.5, 0.6) is 5.88 Å². The van der Waals surface area contributed by atoms with E-state index in [2.05, 4.69) is 17.2 Å². The third kappa shape index (κ3) is 2.51. The number of para-hydroxylation sites is 1. The Hall–Kier alpha value is -2.89. The van der Waals surface area contributed by atoms with Crippen LogP contribution in [-0.4, -0.2) is 41.4 Å². The van der Waals surface area contributed by atoms with Crippen molar-refractivity contribution in [2.24, 2.45) is 0 Å². The quantitative estimate of drug-likeness (QED) is 0.904. The molecule has 4 rings (SSSR count). The first-order valence-corrected chi connectivity index (χ1v) is 9.34.